The van der Waals surface area contributed by atoms with Crippen LogP contribution in [0.3, 0.4) is 0 Å². The molecule has 0 spiro atoms. The Bertz CT molecular complexity index is 766. The molecule has 2 unspecified atom stereocenters. The Hall–Kier alpha value is -1.92. The van der Waals surface area contributed by atoms with Crippen LogP contribution in [0.15, 0.2) is 35.2 Å². The van der Waals surface area contributed by atoms with E-state index in [-0.39, 0.29) is 11.4 Å². The minimum Gasteiger partial charge on any atom is -0.487 e. The molecule has 6 heteroatoms. The van der Waals surface area contributed by atoms with Gasteiger partial charge in [0.25, 0.3) is 5.91 Å². The van der Waals surface area contributed by atoms with Gasteiger partial charge < -0.3 is 10.1 Å². The molecule has 2 heterocycles. The Labute approximate surface area is 172 Å². The minimum atomic E-state index is -0.0721. The highest BCUT2D eigenvalue weighted by atomic mass is 32.1. The molecular formula is C22H31N3O2S. The second-order valence-electron chi connectivity index (χ2n) is 8.64. The van der Waals surface area contributed by atoms with E-state index in [1.54, 1.807) is 22.9 Å². The Morgan fingerprint density at radius 2 is 2.07 bits per heavy atom. The molecule has 0 bridgehead atoms. The maximum Gasteiger partial charge on any atom is 0.251 e. The van der Waals surface area contributed by atoms with Gasteiger partial charge in [0.2, 0.25) is 0 Å². The van der Waals surface area contributed by atoms with Gasteiger partial charge in [-0.05, 0) is 50.3 Å². The van der Waals surface area contributed by atoms with E-state index in [0.29, 0.717) is 36.3 Å². The van der Waals surface area contributed by atoms with Gasteiger partial charge in [0.05, 0.1) is 11.2 Å². The Morgan fingerprint density at radius 1 is 1.32 bits per heavy atom. The summed E-state index contributed by atoms with van der Waals surface area (Å²) in [6, 6.07) is 7.33. The lowest BCUT2D eigenvalue weighted by molar-refractivity contribution is 0.0445. The monoisotopic (exact) mass is 401 g/mol. The second kappa shape index (κ2) is 9.05. The molecule has 0 saturated carbocycles. The van der Waals surface area contributed by atoms with E-state index in [1.165, 1.54) is 6.42 Å². The highest BCUT2D eigenvalue weighted by Gasteiger charge is 2.32. The van der Waals surface area contributed by atoms with Crippen molar-refractivity contribution in [2.75, 3.05) is 19.6 Å². The first kappa shape index (κ1) is 20.8. The van der Waals surface area contributed by atoms with Crippen molar-refractivity contribution in [3.63, 3.8) is 0 Å². The van der Waals surface area contributed by atoms with Crippen molar-refractivity contribution in [3.8, 4) is 5.75 Å². The van der Waals surface area contributed by atoms with Crippen molar-refractivity contribution in [1.29, 1.82) is 0 Å². The minimum absolute atomic E-state index is 0.0645. The second-order valence-corrected chi connectivity index (χ2v) is 9.36. The zero-order chi connectivity index (χ0) is 20.1. The van der Waals surface area contributed by atoms with Crippen molar-refractivity contribution in [3.05, 3.63) is 46.4 Å². The van der Waals surface area contributed by atoms with Crippen LogP contribution >= 0.6 is 11.3 Å². The Kier molecular flexibility index (Phi) is 6.73. The van der Waals surface area contributed by atoms with E-state index in [0.717, 1.165) is 18.8 Å². The van der Waals surface area contributed by atoms with E-state index >= 15 is 0 Å². The summed E-state index contributed by atoms with van der Waals surface area (Å²) >= 11 is 1.54. The van der Waals surface area contributed by atoms with Crippen LogP contribution < -0.4 is 10.1 Å². The summed E-state index contributed by atoms with van der Waals surface area (Å²) in [6.45, 7) is 12.3. The van der Waals surface area contributed by atoms with Crippen LogP contribution in [0.1, 0.15) is 50.2 Å². The molecule has 1 aliphatic rings. The van der Waals surface area contributed by atoms with Crippen molar-refractivity contribution in [2.45, 2.75) is 46.3 Å². The molecule has 152 valence electrons. The number of ether oxygens (including phenoxy) is 1. The smallest absolute Gasteiger partial charge is 0.251 e. The van der Waals surface area contributed by atoms with Crippen LogP contribution in [-0.2, 0) is 6.61 Å². The number of aromatic nitrogens is 1. The van der Waals surface area contributed by atoms with Gasteiger partial charge in [0, 0.05) is 36.1 Å². The number of nitrogens with one attached hydrogen (secondary N) is 1. The number of thiazole rings is 1. The molecule has 1 amide bonds. The fourth-order valence-corrected chi connectivity index (χ4v) is 4.40. The first-order valence-corrected chi connectivity index (χ1v) is 10.9. The van der Waals surface area contributed by atoms with Crippen molar-refractivity contribution in [2.24, 2.45) is 11.8 Å². The lowest BCUT2D eigenvalue weighted by Gasteiger charge is -2.45. The Balaban J connectivity index is 1.56. The van der Waals surface area contributed by atoms with Gasteiger partial charge in [-0.15, -0.1) is 11.3 Å². The number of amides is 1. The van der Waals surface area contributed by atoms with Gasteiger partial charge >= 0.3 is 0 Å². The number of hydrogen-bond donors (Lipinski definition) is 1. The number of benzene rings is 1. The molecule has 1 aromatic carbocycles. The molecule has 5 nitrogen and oxygen atoms in total. The number of piperidine rings is 1. The third-order valence-electron chi connectivity index (χ3n) is 5.37. The number of hydrogen-bond acceptors (Lipinski definition) is 5. The maximum absolute atomic E-state index is 12.7. The summed E-state index contributed by atoms with van der Waals surface area (Å²) in [4.78, 5) is 19.4. The largest absolute Gasteiger partial charge is 0.487 e. The molecule has 2 aromatic rings. The third-order valence-corrected chi connectivity index (χ3v) is 6.01. The van der Waals surface area contributed by atoms with Crippen LogP contribution in [0.5, 0.6) is 5.75 Å². The lowest BCUT2D eigenvalue weighted by atomic mass is 9.88. The molecule has 1 aliphatic heterocycles. The zero-order valence-electron chi connectivity index (χ0n) is 17.3. The van der Waals surface area contributed by atoms with Gasteiger partial charge in [-0.1, -0.05) is 19.9 Å². The summed E-state index contributed by atoms with van der Waals surface area (Å²) in [6.07, 6.45) is 1.28. The summed E-state index contributed by atoms with van der Waals surface area (Å²) in [5.74, 6) is 2.01. The number of carbonyl (C=O) groups excluding carboxylic acids is 1. The summed E-state index contributed by atoms with van der Waals surface area (Å²) in [5.41, 5.74) is 3.23. The van der Waals surface area contributed by atoms with Gasteiger partial charge in [-0.25, -0.2) is 4.98 Å². The molecule has 3 rings (SSSR count). The van der Waals surface area contributed by atoms with E-state index in [9.17, 15) is 4.79 Å². The average Bonchev–Trinajstić information content (AvgIpc) is 3.17. The normalized spacial score (nSPS) is 20.7. The number of nitrogens with zero attached hydrogens (tertiary/aromatic N) is 2. The molecule has 2 atom stereocenters. The maximum atomic E-state index is 12.7. The first-order chi connectivity index (χ1) is 13.3. The van der Waals surface area contributed by atoms with E-state index < -0.39 is 0 Å². The molecule has 0 radical (unpaired) electrons. The fourth-order valence-electron chi connectivity index (χ4n) is 3.86. The molecule has 28 heavy (non-hydrogen) atoms. The highest BCUT2D eigenvalue weighted by molar-refractivity contribution is 7.07. The summed E-state index contributed by atoms with van der Waals surface area (Å²) < 4.78 is 5.76. The SMILES string of the molecule is CC1CC(C)CN(C(C)(C)CNC(=O)c2cccc(OCc3cscn3)c2)C1. The topological polar surface area (TPSA) is 54.5 Å². The van der Waals surface area contributed by atoms with Gasteiger partial charge in [-0.3, -0.25) is 9.69 Å². The fraction of sp³-hybridized carbons (Fsp3) is 0.545. The van der Waals surface area contributed by atoms with Gasteiger partial charge in [-0.2, -0.15) is 0 Å². The van der Waals surface area contributed by atoms with E-state index in [1.807, 2.05) is 23.6 Å². The Morgan fingerprint density at radius 3 is 2.75 bits per heavy atom. The predicted molar refractivity (Wildman–Crippen MR) is 114 cm³/mol. The quantitative estimate of drug-likeness (QED) is 0.755. The van der Waals surface area contributed by atoms with E-state index in [4.69, 9.17) is 4.74 Å². The van der Waals surface area contributed by atoms with E-state index in [2.05, 4.69) is 42.9 Å². The van der Waals surface area contributed by atoms with Crippen molar-refractivity contribution < 1.29 is 9.53 Å². The lowest BCUT2D eigenvalue weighted by Crippen LogP contribution is -2.56. The summed E-state index contributed by atoms with van der Waals surface area (Å²) in [7, 11) is 0. The average molecular weight is 402 g/mol. The third kappa shape index (κ3) is 5.55. The van der Waals surface area contributed by atoms with Crippen molar-refractivity contribution >= 4 is 17.2 Å². The standard InChI is InChI=1S/C22H31N3O2S/c1-16-8-17(2)11-25(10-16)22(3,4)14-23-21(26)18-6-5-7-20(9-18)27-12-19-13-28-15-24-19/h5-7,9,13,15-17H,8,10-12,14H2,1-4H3,(H,23,26). The van der Waals surface area contributed by atoms with Crippen molar-refractivity contribution in [1.82, 2.24) is 15.2 Å². The van der Waals surface area contributed by atoms with Crippen LogP contribution in [0.25, 0.3) is 0 Å². The molecule has 1 N–H and O–H groups in total. The highest BCUT2D eigenvalue weighted by Crippen LogP contribution is 2.27. The molecule has 1 fully saturated rings. The summed E-state index contributed by atoms with van der Waals surface area (Å²) in [5, 5.41) is 5.08. The van der Waals surface area contributed by atoms with Gasteiger partial charge in [0.15, 0.2) is 0 Å². The predicted octanol–water partition coefficient (Wildman–Crippen LogP) is 4.21. The molecular weight excluding hydrogens is 370 g/mol. The van der Waals surface area contributed by atoms with Crippen LogP contribution in [0.2, 0.25) is 0 Å². The zero-order valence-corrected chi connectivity index (χ0v) is 18.1. The molecule has 0 aliphatic carbocycles. The number of likely N-dealkylation sites (tertiary alicyclic amines) is 1. The first-order valence-electron chi connectivity index (χ1n) is 9.96. The molecule has 1 aromatic heterocycles. The number of carbonyl (C=O) groups is 1. The molecule has 1 saturated heterocycles. The van der Waals surface area contributed by atoms with Gasteiger partial charge in [0.1, 0.15) is 12.4 Å². The van der Waals surface area contributed by atoms with Crippen LogP contribution in [0, 0.1) is 11.8 Å². The van der Waals surface area contributed by atoms with Crippen LogP contribution in [0.4, 0.5) is 0 Å². The van der Waals surface area contributed by atoms with Crippen LogP contribution in [-0.4, -0.2) is 41.0 Å². The number of rotatable bonds is 7.